The van der Waals surface area contributed by atoms with Gasteiger partial charge in [-0.1, -0.05) is 446 Å². The number of benzene rings is 19. The van der Waals surface area contributed by atoms with Gasteiger partial charge in [-0.25, -0.2) is 0 Å². The molecule has 0 bridgehead atoms. The monoisotopic (exact) mass is 1640 g/mol. The molecule has 0 fully saturated rings. The molecule has 0 aliphatic rings. The molecule has 0 aliphatic carbocycles. The SMILES string of the molecule is CC.CC.CC.CC.CC.CC.CC.CC.Cc1cc(C)c2cc3ccccc3cc2c1.Cc1cc(C)c2ccccc2c1.Cc1ccc(C)c2cc3ccccc3cc12.Cc1ccc2cc(C)ccc2c1.Cc1ccc2cc3cc(C)ccc3cc2c1.Cc1ccc2ccc(C)cc2c1.Cc1cccc2c(C)cccc12.Cc1cccc2cccc(C)c12. The van der Waals surface area contributed by atoms with Crippen LogP contribution in [0.3, 0.4) is 0 Å². The third kappa shape index (κ3) is 30.2. The van der Waals surface area contributed by atoms with Crippen LogP contribution < -0.4 is 0 Å². The van der Waals surface area contributed by atoms with Crippen LogP contribution in [0.4, 0.5) is 0 Å². The molecule has 0 heteroatoms. The van der Waals surface area contributed by atoms with Gasteiger partial charge < -0.3 is 0 Å². The van der Waals surface area contributed by atoms with Crippen molar-refractivity contribution in [3.63, 3.8) is 0 Å². The Hall–Kier alpha value is -12.0. The summed E-state index contributed by atoms with van der Waals surface area (Å²) in [5.41, 5.74) is 21.5. The third-order valence-corrected chi connectivity index (χ3v) is 20.8. The van der Waals surface area contributed by atoms with Crippen molar-refractivity contribution in [3.05, 3.63) is 417 Å². The topological polar surface area (TPSA) is 0 Å². The molecule has 0 nitrogen and oxygen atoms in total. The van der Waals surface area contributed by atoms with Crippen molar-refractivity contribution in [2.45, 2.75) is 222 Å². The molecular formula is C124H150. The van der Waals surface area contributed by atoms with Gasteiger partial charge in [-0.05, 0) is 310 Å². The Labute approximate surface area is 751 Å². The minimum absolute atomic E-state index is 1.32. The van der Waals surface area contributed by atoms with Crippen molar-refractivity contribution < 1.29 is 0 Å². The molecule has 0 radical (unpaired) electrons. The van der Waals surface area contributed by atoms with Gasteiger partial charge in [0.25, 0.3) is 0 Å². The van der Waals surface area contributed by atoms with E-state index in [1.165, 1.54) is 208 Å². The summed E-state index contributed by atoms with van der Waals surface area (Å²) in [7, 11) is 0. The van der Waals surface area contributed by atoms with Crippen LogP contribution in [0.1, 0.15) is 200 Å². The lowest BCUT2D eigenvalue weighted by Gasteiger charge is -2.07. The molecular weight excluding hydrogens is 1490 g/mol. The highest BCUT2D eigenvalue weighted by atomic mass is 14.1. The summed E-state index contributed by atoms with van der Waals surface area (Å²) in [4.78, 5) is 0. The normalized spacial score (nSPS) is 9.77. The fraction of sp³-hybridized carbons (Fsp3) is 0.258. The van der Waals surface area contributed by atoms with E-state index in [1.54, 1.807) is 0 Å². The molecule has 0 spiro atoms. The average molecular weight is 1640 g/mol. The van der Waals surface area contributed by atoms with Gasteiger partial charge in [0, 0.05) is 0 Å². The fourth-order valence-corrected chi connectivity index (χ4v) is 15.0. The van der Waals surface area contributed by atoms with E-state index < -0.39 is 0 Å². The first kappa shape index (κ1) is 104. The summed E-state index contributed by atoms with van der Waals surface area (Å²) < 4.78 is 0. The first-order chi connectivity index (χ1) is 60.1. The molecule has 0 unspecified atom stereocenters. The van der Waals surface area contributed by atoms with Crippen LogP contribution in [-0.4, -0.2) is 0 Å². The number of hydrogen-bond acceptors (Lipinski definition) is 0. The summed E-state index contributed by atoms with van der Waals surface area (Å²) in [5, 5.41) is 29.6. The predicted octanol–water partition coefficient (Wildman–Crippen LogP) is 39.3. The highest BCUT2D eigenvalue weighted by Gasteiger charge is 2.07. The van der Waals surface area contributed by atoms with Crippen molar-refractivity contribution >= 4 is 118 Å². The molecule has 0 N–H and O–H groups in total. The highest BCUT2D eigenvalue weighted by Crippen LogP contribution is 2.31. The molecule has 19 aromatic rings. The van der Waals surface area contributed by atoms with Gasteiger partial charge in [-0.15, -0.1) is 0 Å². The summed E-state index contributed by atoms with van der Waals surface area (Å²) in [6, 6.07) is 118. The zero-order valence-corrected chi connectivity index (χ0v) is 82.2. The van der Waals surface area contributed by atoms with Crippen molar-refractivity contribution in [3.8, 4) is 0 Å². The van der Waals surface area contributed by atoms with Crippen LogP contribution >= 0.6 is 0 Å². The van der Waals surface area contributed by atoms with Crippen LogP contribution in [0, 0.1) is 111 Å². The van der Waals surface area contributed by atoms with Gasteiger partial charge in [-0.3, -0.25) is 0 Å². The summed E-state index contributed by atoms with van der Waals surface area (Å²) in [6.45, 7) is 66.4. The molecule has 0 heterocycles. The number of hydrogen-bond donors (Lipinski definition) is 0. The van der Waals surface area contributed by atoms with E-state index in [1.807, 2.05) is 111 Å². The van der Waals surface area contributed by atoms with Crippen molar-refractivity contribution in [2.24, 2.45) is 0 Å². The Morgan fingerprint density at radius 1 is 0.105 bits per heavy atom. The maximum atomic E-state index is 2.30. The highest BCUT2D eigenvalue weighted by molar-refractivity contribution is 6.03. The number of rotatable bonds is 0. The van der Waals surface area contributed by atoms with Crippen molar-refractivity contribution in [1.29, 1.82) is 0 Å². The summed E-state index contributed by atoms with van der Waals surface area (Å²) in [5.74, 6) is 0. The minimum atomic E-state index is 1.32. The van der Waals surface area contributed by atoms with Gasteiger partial charge in [0.15, 0.2) is 0 Å². The van der Waals surface area contributed by atoms with E-state index >= 15 is 0 Å². The molecule has 646 valence electrons. The first-order valence-electron chi connectivity index (χ1n) is 46.1. The van der Waals surface area contributed by atoms with E-state index in [-0.39, 0.29) is 0 Å². The van der Waals surface area contributed by atoms with Gasteiger partial charge in [-0.2, -0.15) is 0 Å². The fourth-order valence-electron chi connectivity index (χ4n) is 15.0. The minimum Gasteiger partial charge on any atom is -0.0683 e. The number of aryl methyl sites for hydroxylation is 16. The molecule has 19 rings (SSSR count). The Morgan fingerprint density at radius 3 is 0.694 bits per heavy atom. The van der Waals surface area contributed by atoms with Gasteiger partial charge in [0.1, 0.15) is 0 Å². The third-order valence-electron chi connectivity index (χ3n) is 20.8. The lowest BCUT2D eigenvalue weighted by atomic mass is 9.97. The molecule has 0 aromatic heterocycles. The quantitative estimate of drug-likeness (QED) is 0.133. The van der Waals surface area contributed by atoms with Crippen molar-refractivity contribution in [2.75, 3.05) is 0 Å². The van der Waals surface area contributed by atoms with E-state index in [2.05, 4.69) is 438 Å². The Kier molecular flexibility index (Phi) is 46.5. The molecule has 0 aliphatic heterocycles. The van der Waals surface area contributed by atoms with E-state index in [0.717, 1.165) is 0 Å². The Balaban J connectivity index is 0.000000291. The second-order valence-electron chi connectivity index (χ2n) is 30.0. The lowest BCUT2D eigenvalue weighted by Crippen LogP contribution is -1.83. The smallest absolute Gasteiger partial charge is 0.0125 e. The van der Waals surface area contributed by atoms with Crippen LogP contribution in [0.15, 0.2) is 328 Å². The van der Waals surface area contributed by atoms with E-state index in [9.17, 15) is 0 Å². The zero-order valence-electron chi connectivity index (χ0n) is 82.2. The molecule has 124 heavy (non-hydrogen) atoms. The van der Waals surface area contributed by atoms with Crippen LogP contribution in [0.2, 0.25) is 0 Å². The van der Waals surface area contributed by atoms with Gasteiger partial charge >= 0.3 is 0 Å². The van der Waals surface area contributed by atoms with Crippen LogP contribution in [0.5, 0.6) is 0 Å². The molecule has 0 saturated carbocycles. The van der Waals surface area contributed by atoms with E-state index in [4.69, 9.17) is 0 Å². The summed E-state index contributed by atoms with van der Waals surface area (Å²) in [6.07, 6.45) is 0. The van der Waals surface area contributed by atoms with E-state index in [0.29, 0.717) is 0 Å². The maximum Gasteiger partial charge on any atom is -0.0125 e. The second-order valence-corrected chi connectivity index (χ2v) is 30.0. The van der Waals surface area contributed by atoms with Gasteiger partial charge in [0.05, 0.1) is 0 Å². The molecule has 0 saturated heterocycles. The maximum absolute atomic E-state index is 2.30. The Bertz CT molecular complexity index is 6160. The Morgan fingerprint density at radius 2 is 0.331 bits per heavy atom. The average Bonchev–Trinajstić information content (AvgIpc) is 0.788. The summed E-state index contributed by atoms with van der Waals surface area (Å²) >= 11 is 0. The second kappa shape index (κ2) is 55.2. The lowest BCUT2D eigenvalue weighted by molar-refractivity contribution is 1.43. The molecule has 0 atom stereocenters. The largest absolute Gasteiger partial charge is 0.0683 e. The van der Waals surface area contributed by atoms with Crippen LogP contribution in [-0.2, 0) is 0 Å². The van der Waals surface area contributed by atoms with Crippen molar-refractivity contribution in [1.82, 2.24) is 0 Å². The number of fused-ring (bicyclic) bond motifs is 11. The van der Waals surface area contributed by atoms with Crippen LogP contribution in [0.25, 0.3) is 118 Å². The molecule has 0 amide bonds. The standard InChI is InChI=1S/3C16H14.5C12H12.8C2H6/c1-11-3-5-13-10-16-8-12(2)4-6-14(16)9-15(13)7-11;1-11-7-12(2)16-10-14-6-4-3-5-13(14)9-15(16)8-11;1-11-7-8-12(2)16-10-14-6-4-3-5-13(14)9-15(11)16;1-9-3-5-12-8-10(2)4-6-11(12)7-9;1-9-3-5-11-6-4-10(2)8-12(11)7-9;1-9-5-3-8-12-10(2)6-4-7-11(9)12;1-9-5-3-7-11-8-4-6-10(2)12(9)11;1-9-7-10(2)12-6-4-3-5-11(12)8-9;8*1-2/h3*3-10H,1-2H3;5*3-8H,1-2H3;8*1-2H3. The zero-order chi connectivity index (χ0) is 92.1. The molecule has 19 aromatic carbocycles. The first-order valence-corrected chi connectivity index (χ1v) is 46.1. The predicted molar refractivity (Wildman–Crippen MR) is 571 cm³/mol. The van der Waals surface area contributed by atoms with Gasteiger partial charge in [0.2, 0.25) is 0 Å².